The molecule has 1 aliphatic rings. The van der Waals surface area contributed by atoms with E-state index in [1.54, 1.807) is 18.3 Å². The summed E-state index contributed by atoms with van der Waals surface area (Å²) in [5.41, 5.74) is 3.43. The van der Waals surface area contributed by atoms with Crippen molar-refractivity contribution >= 4 is 5.91 Å². The van der Waals surface area contributed by atoms with Crippen LogP contribution < -0.4 is 4.74 Å². The maximum absolute atomic E-state index is 12.1. The standard InChI is InChI=1S/C19H19N5O4/c1-11-3-4-13(7-20-11)18-15(12(2)28-23-18)10-27-17-6-5-16(21-22-17)19(26)24-8-14(25)9-24/h3-7,14,25H,8-10H2,1-2H3. The van der Waals surface area contributed by atoms with Gasteiger partial charge in [-0.2, -0.15) is 0 Å². The van der Waals surface area contributed by atoms with Gasteiger partial charge in [-0.15, -0.1) is 10.2 Å². The van der Waals surface area contributed by atoms with Crippen LogP contribution in [0.3, 0.4) is 0 Å². The van der Waals surface area contributed by atoms with Crippen LogP contribution in [0.1, 0.15) is 27.5 Å². The van der Waals surface area contributed by atoms with Crippen molar-refractivity contribution in [1.82, 2.24) is 25.2 Å². The van der Waals surface area contributed by atoms with Crippen LogP contribution >= 0.6 is 0 Å². The quantitative estimate of drug-likeness (QED) is 0.708. The van der Waals surface area contributed by atoms with Crippen molar-refractivity contribution in [2.24, 2.45) is 0 Å². The Kier molecular flexibility index (Phi) is 4.74. The van der Waals surface area contributed by atoms with Gasteiger partial charge >= 0.3 is 0 Å². The monoisotopic (exact) mass is 381 g/mol. The average Bonchev–Trinajstić information content (AvgIpc) is 3.05. The lowest BCUT2D eigenvalue weighted by atomic mass is 10.1. The largest absolute Gasteiger partial charge is 0.472 e. The van der Waals surface area contributed by atoms with E-state index in [0.717, 1.165) is 16.8 Å². The Morgan fingerprint density at radius 1 is 1.25 bits per heavy atom. The van der Waals surface area contributed by atoms with E-state index in [1.807, 2.05) is 26.0 Å². The van der Waals surface area contributed by atoms with Crippen molar-refractivity contribution in [1.29, 1.82) is 0 Å². The summed E-state index contributed by atoms with van der Waals surface area (Å²) in [7, 11) is 0. The second-order valence-corrected chi connectivity index (χ2v) is 6.66. The van der Waals surface area contributed by atoms with Gasteiger partial charge in [-0.05, 0) is 32.0 Å². The average molecular weight is 381 g/mol. The van der Waals surface area contributed by atoms with Crippen LogP contribution in [0.15, 0.2) is 35.0 Å². The summed E-state index contributed by atoms with van der Waals surface area (Å²) in [5.74, 6) is 0.675. The number of pyridine rings is 1. The second kappa shape index (κ2) is 7.35. The molecule has 4 heterocycles. The minimum atomic E-state index is -0.454. The van der Waals surface area contributed by atoms with Gasteiger partial charge in [-0.25, -0.2) is 0 Å². The van der Waals surface area contributed by atoms with Gasteiger partial charge in [-0.3, -0.25) is 9.78 Å². The molecule has 3 aromatic heterocycles. The van der Waals surface area contributed by atoms with Crippen LogP contribution in [-0.2, 0) is 6.61 Å². The van der Waals surface area contributed by atoms with Crippen LogP contribution in [0.2, 0.25) is 0 Å². The molecular weight excluding hydrogens is 362 g/mol. The molecule has 144 valence electrons. The Labute approximate surface area is 161 Å². The number of nitrogens with zero attached hydrogens (tertiary/aromatic N) is 5. The summed E-state index contributed by atoms with van der Waals surface area (Å²) < 4.78 is 11.0. The van der Waals surface area contributed by atoms with Crippen molar-refractivity contribution in [3.05, 3.63) is 53.2 Å². The second-order valence-electron chi connectivity index (χ2n) is 6.66. The molecule has 0 bridgehead atoms. The fourth-order valence-electron chi connectivity index (χ4n) is 2.84. The summed E-state index contributed by atoms with van der Waals surface area (Å²) in [5, 5.41) is 21.3. The first-order valence-electron chi connectivity index (χ1n) is 8.83. The van der Waals surface area contributed by atoms with Crippen molar-refractivity contribution in [2.45, 2.75) is 26.6 Å². The molecule has 0 radical (unpaired) electrons. The predicted octanol–water partition coefficient (Wildman–Crippen LogP) is 1.54. The molecule has 1 aliphatic heterocycles. The van der Waals surface area contributed by atoms with Crippen LogP contribution in [0.25, 0.3) is 11.3 Å². The summed E-state index contributed by atoms with van der Waals surface area (Å²) >= 11 is 0. The SMILES string of the molecule is Cc1ccc(-c2noc(C)c2COc2ccc(C(=O)N3CC(O)C3)nn2)cn1. The Balaban J connectivity index is 1.44. The highest BCUT2D eigenvalue weighted by molar-refractivity contribution is 5.92. The molecule has 0 aromatic carbocycles. The summed E-state index contributed by atoms with van der Waals surface area (Å²) in [4.78, 5) is 17.9. The molecule has 0 spiro atoms. The van der Waals surface area contributed by atoms with Gasteiger partial charge in [-0.1, -0.05) is 5.16 Å². The Bertz CT molecular complexity index is 979. The van der Waals surface area contributed by atoms with Gasteiger partial charge < -0.3 is 19.3 Å². The van der Waals surface area contributed by atoms with E-state index in [0.29, 0.717) is 24.5 Å². The normalized spacial score (nSPS) is 14.0. The highest BCUT2D eigenvalue weighted by atomic mass is 16.5. The van der Waals surface area contributed by atoms with Crippen molar-refractivity contribution in [3.8, 4) is 17.1 Å². The number of β-amino-alcohol motifs (C(OH)–C–C–N with tert-alkyl or cyclic N) is 1. The lowest BCUT2D eigenvalue weighted by Crippen LogP contribution is -2.53. The van der Waals surface area contributed by atoms with Gasteiger partial charge in [0.2, 0.25) is 5.88 Å². The van der Waals surface area contributed by atoms with E-state index < -0.39 is 6.10 Å². The first kappa shape index (κ1) is 18.1. The molecule has 1 amide bonds. The zero-order valence-electron chi connectivity index (χ0n) is 15.5. The number of amides is 1. The lowest BCUT2D eigenvalue weighted by molar-refractivity contribution is 0.00541. The molecule has 0 unspecified atom stereocenters. The van der Waals surface area contributed by atoms with E-state index in [2.05, 4.69) is 20.3 Å². The summed E-state index contributed by atoms with van der Waals surface area (Å²) in [6.45, 7) is 4.56. The molecule has 9 nitrogen and oxygen atoms in total. The number of carbonyl (C=O) groups is 1. The van der Waals surface area contributed by atoms with E-state index in [4.69, 9.17) is 9.26 Å². The van der Waals surface area contributed by atoms with Gasteiger partial charge in [0.25, 0.3) is 5.91 Å². The highest BCUT2D eigenvalue weighted by Crippen LogP contribution is 2.26. The van der Waals surface area contributed by atoms with E-state index >= 15 is 0 Å². The van der Waals surface area contributed by atoms with Gasteiger partial charge in [0.1, 0.15) is 18.1 Å². The van der Waals surface area contributed by atoms with E-state index in [9.17, 15) is 9.90 Å². The maximum Gasteiger partial charge on any atom is 0.274 e. The first-order valence-corrected chi connectivity index (χ1v) is 8.83. The van der Waals surface area contributed by atoms with Crippen LogP contribution in [0.5, 0.6) is 5.88 Å². The van der Waals surface area contributed by atoms with E-state index in [1.165, 1.54) is 4.90 Å². The Morgan fingerprint density at radius 2 is 2.07 bits per heavy atom. The number of likely N-dealkylation sites (tertiary alicyclic amines) is 1. The molecule has 1 fully saturated rings. The van der Waals surface area contributed by atoms with Gasteiger partial charge in [0.15, 0.2) is 5.69 Å². The molecule has 3 aromatic rings. The number of aliphatic hydroxyl groups is 1. The molecular formula is C19H19N5O4. The van der Waals surface area contributed by atoms with Crippen molar-refractivity contribution in [2.75, 3.05) is 13.1 Å². The molecule has 0 atom stereocenters. The molecule has 1 N–H and O–H groups in total. The van der Waals surface area contributed by atoms with Crippen molar-refractivity contribution < 1.29 is 19.2 Å². The third-order valence-corrected chi connectivity index (χ3v) is 4.54. The minimum absolute atomic E-state index is 0.193. The fourth-order valence-corrected chi connectivity index (χ4v) is 2.84. The zero-order chi connectivity index (χ0) is 19.7. The summed E-state index contributed by atoms with van der Waals surface area (Å²) in [6, 6.07) is 6.98. The number of carbonyl (C=O) groups excluding carboxylic acids is 1. The number of ether oxygens (including phenoxy) is 1. The van der Waals surface area contributed by atoms with Crippen LogP contribution in [-0.4, -0.2) is 55.4 Å². The molecule has 0 saturated carbocycles. The predicted molar refractivity (Wildman–Crippen MR) is 97.5 cm³/mol. The molecule has 9 heteroatoms. The van der Waals surface area contributed by atoms with E-state index in [-0.39, 0.29) is 24.1 Å². The van der Waals surface area contributed by atoms with Crippen molar-refractivity contribution in [3.63, 3.8) is 0 Å². The first-order chi connectivity index (χ1) is 13.5. The number of rotatable bonds is 5. The zero-order valence-corrected chi connectivity index (χ0v) is 15.5. The summed E-state index contributed by atoms with van der Waals surface area (Å²) in [6.07, 6.45) is 1.28. The lowest BCUT2D eigenvalue weighted by Gasteiger charge is -2.35. The number of aliphatic hydroxyl groups excluding tert-OH is 1. The Morgan fingerprint density at radius 3 is 2.71 bits per heavy atom. The third-order valence-electron chi connectivity index (χ3n) is 4.54. The number of hydrogen-bond donors (Lipinski definition) is 1. The topological polar surface area (TPSA) is 114 Å². The van der Waals surface area contributed by atoms with Crippen LogP contribution in [0.4, 0.5) is 0 Å². The van der Waals surface area contributed by atoms with Crippen LogP contribution in [0, 0.1) is 13.8 Å². The molecule has 28 heavy (non-hydrogen) atoms. The minimum Gasteiger partial charge on any atom is -0.472 e. The van der Waals surface area contributed by atoms with Gasteiger partial charge in [0.05, 0.1) is 11.7 Å². The van der Waals surface area contributed by atoms with Gasteiger partial charge in [0, 0.05) is 36.6 Å². The number of aryl methyl sites for hydroxylation is 2. The highest BCUT2D eigenvalue weighted by Gasteiger charge is 2.30. The Hall–Kier alpha value is -3.33. The fraction of sp³-hybridized carbons (Fsp3) is 0.316. The molecule has 4 rings (SSSR count). The maximum atomic E-state index is 12.1. The number of aromatic nitrogens is 4. The number of hydrogen-bond acceptors (Lipinski definition) is 8. The molecule has 1 saturated heterocycles. The smallest absolute Gasteiger partial charge is 0.274 e. The third kappa shape index (κ3) is 3.56. The molecule has 0 aliphatic carbocycles.